The van der Waals surface area contributed by atoms with Crippen molar-refractivity contribution in [3.8, 4) is 0 Å². The SMILES string of the molecule is Cc1cnc(NC(=O)CN2CC(C(F)(F)F)c3cccc(Br)c3C2=O)nc1. The number of aryl methyl sites for hydroxylation is 1. The van der Waals surface area contributed by atoms with Crippen molar-refractivity contribution in [2.45, 2.75) is 19.0 Å². The van der Waals surface area contributed by atoms with Gasteiger partial charge < -0.3 is 4.90 Å². The number of carbonyl (C=O) groups is 2. The fourth-order valence-corrected chi connectivity index (χ4v) is 3.38. The average molecular weight is 443 g/mol. The summed E-state index contributed by atoms with van der Waals surface area (Å²) in [5.74, 6) is -3.17. The van der Waals surface area contributed by atoms with Crippen LogP contribution in [0.1, 0.15) is 27.4 Å². The summed E-state index contributed by atoms with van der Waals surface area (Å²) < 4.78 is 40.8. The molecule has 142 valence electrons. The third-order valence-electron chi connectivity index (χ3n) is 4.09. The number of nitrogens with one attached hydrogen (secondary N) is 1. The first-order valence-corrected chi connectivity index (χ1v) is 8.69. The molecule has 27 heavy (non-hydrogen) atoms. The molecular weight excluding hydrogens is 429 g/mol. The zero-order valence-corrected chi connectivity index (χ0v) is 15.6. The highest BCUT2D eigenvalue weighted by molar-refractivity contribution is 9.10. The standard InChI is InChI=1S/C17H14BrF3N4O2/c1-9-5-22-16(23-6-9)24-13(26)8-25-7-11(17(19,20)21)10-3-2-4-12(18)14(10)15(25)27/h2-6,11H,7-8H2,1H3,(H,22,23,24,26). The molecule has 1 atom stereocenters. The van der Waals surface area contributed by atoms with E-state index in [1.54, 1.807) is 6.92 Å². The topological polar surface area (TPSA) is 75.2 Å². The Morgan fingerprint density at radius 1 is 1.33 bits per heavy atom. The maximum Gasteiger partial charge on any atom is 0.397 e. The highest BCUT2D eigenvalue weighted by Crippen LogP contribution is 2.42. The number of anilines is 1. The van der Waals surface area contributed by atoms with Crippen LogP contribution in [0.25, 0.3) is 0 Å². The maximum atomic E-state index is 13.5. The molecular formula is C17H14BrF3N4O2. The Morgan fingerprint density at radius 3 is 2.63 bits per heavy atom. The van der Waals surface area contributed by atoms with Gasteiger partial charge in [-0.05, 0) is 40.0 Å². The molecule has 1 aliphatic rings. The van der Waals surface area contributed by atoms with Gasteiger partial charge in [-0.25, -0.2) is 9.97 Å². The minimum atomic E-state index is -4.55. The third-order valence-corrected chi connectivity index (χ3v) is 4.75. The number of halogens is 4. The molecule has 1 aliphatic heterocycles. The molecule has 0 saturated heterocycles. The molecule has 0 radical (unpaired) electrons. The Hall–Kier alpha value is -2.49. The van der Waals surface area contributed by atoms with Gasteiger partial charge in [-0.1, -0.05) is 12.1 Å². The number of alkyl halides is 3. The average Bonchev–Trinajstić information content (AvgIpc) is 2.58. The first-order valence-electron chi connectivity index (χ1n) is 7.89. The molecule has 1 aromatic carbocycles. The number of carbonyl (C=O) groups excluding carboxylic acids is 2. The van der Waals surface area contributed by atoms with Crippen LogP contribution in [-0.2, 0) is 4.79 Å². The number of benzene rings is 1. The van der Waals surface area contributed by atoms with Crippen molar-refractivity contribution in [2.75, 3.05) is 18.4 Å². The molecule has 2 heterocycles. The second-order valence-corrected chi connectivity index (χ2v) is 6.97. The highest BCUT2D eigenvalue weighted by Gasteiger charge is 2.47. The van der Waals surface area contributed by atoms with Gasteiger partial charge in [0.05, 0.1) is 11.5 Å². The summed E-state index contributed by atoms with van der Waals surface area (Å²) in [6, 6.07) is 4.23. The van der Waals surface area contributed by atoms with E-state index in [-0.39, 0.29) is 21.5 Å². The van der Waals surface area contributed by atoms with Crippen molar-refractivity contribution < 1.29 is 22.8 Å². The first-order chi connectivity index (χ1) is 12.7. The van der Waals surface area contributed by atoms with E-state index in [0.717, 1.165) is 10.5 Å². The van der Waals surface area contributed by atoms with Crippen LogP contribution >= 0.6 is 15.9 Å². The molecule has 10 heteroatoms. The molecule has 2 amide bonds. The van der Waals surface area contributed by atoms with Crippen LogP contribution in [0.15, 0.2) is 35.1 Å². The third kappa shape index (κ3) is 4.10. The summed E-state index contributed by atoms with van der Waals surface area (Å²) in [5, 5.41) is 2.38. The number of hydrogen-bond acceptors (Lipinski definition) is 4. The first kappa shape index (κ1) is 19.3. The fourth-order valence-electron chi connectivity index (χ4n) is 2.83. The summed E-state index contributed by atoms with van der Waals surface area (Å²) in [5.41, 5.74) is 0.611. The van der Waals surface area contributed by atoms with E-state index >= 15 is 0 Å². The predicted molar refractivity (Wildman–Crippen MR) is 94.2 cm³/mol. The molecule has 3 rings (SSSR count). The van der Waals surface area contributed by atoms with Gasteiger partial charge in [-0.15, -0.1) is 0 Å². The Kier molecular flexibility index (Phi) is 5.18. The van der Waals surface area contributed by atoms with Crippen LogP contribution in [0.4, 0.5) is 19.1 Å². The lowest BCUT2D eigenvalue weighted by Gasteiger charge is -2.35. The second kappa shape index (κ2) is 7.26. The molecule has 0 aliphatic carbocycles. The number of hydrogen-bond donors (Lipinski definition) is 1. The molecule has 0 spiro atoms. The number of amides is 2. The summed E-state index contributed by atoms with van der Waals surface area (Å²) >= 11 is 3.14. The van der Waals surface area contributed by atoms with Crippen molar-refractivity contribution in [1.29, 1.82) is 0 Å². The lowest BCUT2D eigenvalue weighted by molar-refractivity contribution is -0.155. The van der Waals surface area contributed by atoms with Crippen LogP contribution in [0, 0.1) is 6.92 Å². The molecule has 0 bridgehead atoms. The van der Waals surface area contributed by atoms with Crippen molar-refractivity contribution in [1.82, 2.24) is 14.9 Å². The highest BCUT2D eigenvalue weighted by atomic mass is 79.9. The van der Waals surface area contributed by atoms with E-state index in [0.29, 0.717) is 0 Å². The lowest BCUT2D eigenvalue weighted by Crippen LogP contribution is -2.47. The van der Waals surface area contributed by atoms with Crippen molar-refractivity contribution in [3.05, 3.63) is 51.8 Å². The monoisotopic (exact) mass is 442 g/mol. The molecule has 1 unspecified atom stereocenters. The largest absolute Gasteiger partial charge is 0.397 e. The quantitative estimate of drug-likeness (QED) is 0.791. The zero-order valence-electron chi connectivity index (χ0n) is 14.0. The summed E-state index contributed by atoms with van der Waals surface area (Å²) in [7, 11) is 0. The normalized spacial score (nSPS) is 16.9. The summed E-state index contributed by atoms with van der Waals surface area (Å²) in [6.07, 6.45) is -1.57. The van der Waals surface area contributed by atoms with Gasteiger partial charge >= 0.3 is 6.18 Å². The molecule has 2 aromatic rings. The summed E-state index contributed by atoms with van der Waals surface area (Å²) in [4.78, 5) is 33.5. The van der Waals surface area contributed by atoms with E-state index in [1.165, 1.54) is 30.6 Å². The number of fused-ring (bicyclic) bond motifs is 1. The van der Waals surface area contributed by atoms with E-state index in [1.807, 2.05) is 0 Å². The van der Waals surface area contributed by atoms with Crippen LogP contribution in [0.2, 0.25) is 0 Å². The maximum absolute atomic E-state index is 13.5. The Labute approximate surface area is 160 Å². The van der Waals surface area contributed by atoms with Crippen LogP contribution < -0.4 is 5.32 Å². The van der Waals surface area contributed by atoms with Gasteiger partial charge in [0.25, 0.3) is 5.91 Å². The van der Waals surface area contributed by atoms with E-state index in [4.69, 9.17) is 0 Å². The van der Waals surface area contributed by atoms with Crippen molar-refractivity contribution in [2.24, 2.45) is 0 Å². The smallest absolute Gasteiger partial charge is 0.328 e. The van der Waals surface area contributed by atoms with Gasteiger partial charge in [0.1, 0.15) is 6.54 Å². The Morgan fingerprint density at radius 2 is 2.00 bits per heavy atom. The number of nitrogens with zero attached hydrogens (tertiary/aromatic N) is 3. The van der Waals surface area contributed by atoms with E-state index in [9.17, 15) is 22.8 Å². The Bertz CT molecular complexity index is 887. The van der Waals surface area contributed by atoms with Gasteiger partial charge in [-0.2, -0.15) is 13.2 Å². The molecule has 0 saturated carbocycles. The van der Waals surface area contributed by atoms with E-state index in [2.05, 4.69) is 31.2 Å². The Balaban J connectivity index is 1.83. The minimum absolute atomic E-state index is 0.0176. The summed E-state index contributed by atoms with van der Waals surface area (Å²) in [6.45, 7) is 0.599. The van der Waals surface area contributed by atoms with Gasteiger partial charge in [0, 0.05) is 23.4 Å². The van der Waals surface area contributed by atoms with Gasteiger partial charge in [-0.3, -0.25) is 14.9 Å². The number of rotatable bonds is 3. The molecule has 0 fully saturated rings. The van der Waals surface area contributed by atoms with Crippen molar-refractivity contribution in [3.63, 3.8) is 0 Å². The van der Waals surface area contributed by atoms with Crippen LogP contribution in [0.5, 0.6) is 0 Å². The van der Waals surface area contributed by atoms with Gasteiger partial charge in [0.2, 0.25) is 11.9 Å². The van der Waals surface area contributed by atoms with E-state index < -0.39 is 37.0 Å². The minimum Gasteiger partial charge on any atom is -0.328 e. The predicted octanol–water partition coefficient (Wildman–Crippen LogP) is 3.29. The molecule has 6 nitrogen and oxygen atoms in total. The fraction of sp³-hybridized carbons (Fsp3) is 0.294. The van der Waals surface area contributed by atoms with Crippen LogP contribution in [0.3, 0.4) is 0 Å². The molecule has 1 aromatic heterocycles. The zero-order chi connectivity index (χ0) is 19.8. The van der Waals surface area contributed by atoms with Gasteiger partial charge in [0.15, 0.2) is 0 Å². The van der Waals surface area contributed by atoms with Crippen molar-refractivity contribution >= 4 is 33.7 Å². The number of aromatic nitrogens is 2. The second-order valence-electron chi connectivity index (χ2n) is 6.12. The molecule has 1 N–H and O–H groups in total. The van der Waals surface area contributed by atoms with Crippen LogP contribution in [-0.4, -0.2) is 45.9 Å². The lowest BCUT2D eigenvalue weighted by atomic mass is 9.88.